The van der Waals surface area contributed by atoms with Gasteiger partial charge >= 0.3 is 0 Å². The maximum atomic E-state index is 9.76. The minimum Gasteiger partial charge on any atom is -0.375 e. The van der Waals surface area contributed by atoms with Gasteiger partial charge in [-0.05, 0) is 71.5 Å². The van der Waals surface area contributed by atoms with Crippen LogP contribution in [-0.4, -0.2) is 27.2 Å². The van der Waals surface area contributed by atoms with Gasteiger partial charge in [-0.1, -0.05) is 62.4 Å². The summed E-state index contributed by atoms with van der Waals surface area (Å²) in [5.41, 5.74) is 7.01. The number of hydrogen-bond donors (Lipinski definition) is 0. The first-order chi connectivity index (χ1) is 17.5. The summed E-state index contributed by atoms with van der Waals surface area (Å²) in [5, 5.41) is 19.5. The third kappa shape index (κ3) is 6.87. The first-order valence-corrected chi connectivity index (χ1v) is 12.5. The topological polar surface area (TPSA) is 54.1 Å². The molecule has 0 amide bonds. The van der Waals surface area contributed by atoms with Crippen LogP contribution in [0, 0.1) is 22.7 Å². The number of anilines is 2. The highest BCUT2D eigenvalue weighted by Crippen LogP contribution is 2.23. The third-order valence-corrected chi connectivity index (χ3v) is 6.16. The van der Waals surface area contributed by atoms with E-state index in [1.165, 1.54) is 11.4 Å². The van der Waals surface area contributed by atoms with Gasteiger partial charge in [0, 0.05) is 38.6 Å². The van der Waals surface area contributed by atoms with Crippen molar-refractivity contribution in [1.29, 1.82) is 10.5 Å². The summed E-state index contributed by atoms with van der Waals surface area (Å²) in [7, 11) is 4.18. The fourth-order valence-corrected chi connectivity index (χ4v) is 4.08. The smallest absolute Gasteiger partial charge is 0.0998 e. The Balaban J connectivity index is 1.80. The zero-order valence-electron chi connectivity index (χ0n) is 21.7. The van der Waals surface area contributed by atoms with E-state index in [9.17, 15) is 10.5 Å². The molecule has 0 unspecified atom stereocenters. The van der Waals surface area contributed by atoms with Crippen LogP contribution in [0.5, 0.6) is 0 Å². The first kappa shape index (κ1) is 26.3. The van der Waals surface area contributed by atoms with Crippen LogP contribution in [0.4, 0.5) is 11.4 Å². The Labute approximate surface area is 216 Å². The molecule has 0 saturated carbocycles. The fraction of sp³-hybridized carbons (Fsp3) is 0.250. The van der Waals surface area contributed by atoms with E-state index in [2.05, 4.69) is 98.4 Å². The number of nitriles is 2. The Morgan fingerprint density at radius 2 is 0.972 bits per heavy atom. The highest BCUT2D eigenvalue weighted by Gasteiger charge is 2.07. The van der Waals surface area contributed by atoms with Gasteiger partial charge < -0.3 is 9.80 Å². The van der Waals surface area contributed by atoms with Gasteiger partial charge in [0.05, 0.1) is 23.3 Å². The Bertz CT molecular complexity index is 1180. The van der Waals surface area contributed by atoms with E-state index in [0.717, 1.165) is 48.2 Å². The van der Waals surface area contributed by atoms with Gasteiger partial charge in [0.1, 0.15) is 0 Å². The maximum absolute atomic E-state index is 9.76. The van der Waals surface area contributed by atoms with Gasteiger partial charge in [-0.25, -0.2) is 0 Å². The average molecular weight is 475 g/mol. The van der Waals surface area contributed by atoms with Crippen molar-refractivity contribution in [3.63, 3.8) is 0 Å². The van der Waals surface area contributed by atoms with Gasteiger partial charge in [0.2, 0.25) is 0 Å². The normalized spacial score (nSPS) is 10.9. The molecule has 0 radical (unpaired) electrons. The van der Waals surface area contributed by atoms with Crippen LogP contribution in [0.15, 0.2) is 60.7 Å². The summed E-state index contributed by atoms with van der Waals surface area (Å²) in [6, 6.07) is 24.8. The summed E-state index contributed by atoms with van der Waals surface area (Å²) in [6.45, 7) is 6.36. The summed E-state index contributed by atoms with van der Waals surface area (Å²) in [4.78, 5) is 4.46. The lowest BCUT2D eigenvalue weighted by molar-refractivity contribution is 0.852. The molecule has 3 aromatic carbocycles. The van der Waals surface area contributed by atoms with E-state index in [1.54, 1.807) is 12.1 Å². The molecule has 0 N–H and O–H groups in total. The second-order valence-electron chi connectivity index (χ2n) is 8.94. The van der Waals surface area contributed by atoms with Crippen molar-refractivity contribution in [2.24, 2.45) is 0 Å². The second-order valence-corrected chi connectivity index (χ2v) is 8.94. The van der Waals surface area contributed by atoms with E-state index in [0.29, 0.717) is 11.1 Å². The van der Waals surface area contributed by atoms with Gasteiger partial charge in [-0.2, -0.15) is 10.5 Å². The van der Waals surface area contributed by atoms with Crippen molar-refractivity contribution in [1.82, 2.24) is 0 Å². The molecule has 0 aromatic heterocycles. The molecule has 4 heteroatoms. The van der Waals surface area contributed by atoms with Crippen molar-refractivity contribution in [2.45, 2.75) is 26.7 Å². The summed E-state index contributed by atoms with van der Waals surface area (Å²) < 4.78 is 0. The number of benzene rings is 3. The lowest BCUT2D eigenvalue weighted by atomic mass is 9.97. The first-order valence-electron chi connectivity index (χ1n) is 12.5. The van der Waals surface area contributed by atoms with Crippen LogP contribution in [0.1, 0.15) is 60.1 Å². The quantitative estimate of drug-likeness (QED) is 0.286. The lowest BCUT2D eigenvalue weighted by Crippen LogP contribution is -2.17. The number of hydrogen-bond acceptors (Lipinski definition) is 4. The van der Waals surface area contributed by atoms with E-state index < -0.39 is 0 Å². The molecule has 3 aromatic rings. The van der Waals surface area contributed by atoms with Crippen molar-refractivity contribution in [3.8, 4) is 12.1 Å². The van der Waals surface area contributed by atoms with Gasteiger partial charge in [0.25, 0.3) is 0 Å². The SMILES string of the molecule is CCCN(C)c1ccc(/C=C/c2cc(C#N)c(/C=C/c3ccc(N(C)CCC)cc3)cc2C#N)cc1. The molecular weight excluding hydrogens is 440 g/mol. The Morgan fingerprint density at radius 1 is 0.611 bits per heavy atom. The third-order valence-electron chi connectivity index (χ3n) is 6.16. The summed E-state index contributed by atoms with van der Waals surface area (Å²) >= 11 is 0. The molecular formula is C32H34N4. The van der Waals surface area contributed by atoms with Gasteiger partial charge in [-0.15, -0.1) is 0 Å². The molecule has 0 saturated heterocycles. The van der Waals surface area contributed by atoms with Crippen molar-refractivity contribution >= 4 is 35.7 Å². The zero-order valence-corrected chi connectivity index (χ0v) is 21.7. The minimum atomic E-state index is 0.542. The van der Waals surface area contributed by atoms with E-state index in [4.69, 9.17) is 0 Å². The van der Waals surface area contributed by atoms with E-state index in [1.807, 2.05) is 24.3 Å². The Morgan fingerprint density at radius 3 is 1.28 bits per heavy atom. The van der Waals surface area contributed by atoms with Crippen LogP contribution in [0.2, 0.25) is 0 Å². The molecule has 0 bridgehead atoms. The summed E-state index contributed by atoms with van der Waals surface area (Å²) in [6.07, 6.45) is 9.97. The highest BCUT2D eigenvalue weighted by atomic mass is 15.1. The standard InChI is InChI=1S/C32H34N4/c1-5-19-35(3)31-15-9-25(10-16-31)7-13-27-21-30(24-34)28(22-29(27)23-33)14-8-26-11-17-32(18-12-26)36(4)20-6-2/h7-18,21-22H,5-6,19-20H2,1-4H3/b13-7+,14-8+. The fourth-order valence-electron chi connectivity index (χ4n) is 4.08. The van der Waals surface area contributed by atoms with Crippen LogP contribution in [-0.2, 0) is 0 Å². The molecule has 3 rings (SSSR count). The van der Waals surface area contributed by atoms with Crippen LogP contribution >= 0.6 is 0 Å². The lowest BCUT2D eigenvalue weighted by Gasteiger charge is -2.18. The molecule has 182 valence electrons. The number of rotatable bonds is 10. The minimum absolute atomic E-state index is 0.542. The Hall–Kier alpha value is -4.28. The van der Waals surface area contributed by atoms with E-state index in [-0.39, 0.29) is 0 Å². The molecule has 0 fully saturated rings. The van der Waals surface area contributed by atoms with Gasteiger partial charge in [-0.3, -0.25) is 0 Å². The van der Waals surface area contributed by atoms with Crippen molar-refractivity contribution < 1.29 is 0 Å². The molecule has 0 spiro atoms. The van der Waals surface area contributed by atoms with Crippen LogP contribution in [0.25, 0.3) is 24.3 Å². The molecule has 0 aliphatic heterocycles. The molecule has 0 atom stereocenters. The van der Waals surface area contributed by atoms with Gasteiger partial charge in [0.15, 0.2) is 0 Å². The average Bonchev–Trinajstić information content (AvgIpc) is 2.91. The number of nitrogens with zero attached hydrogens (tertiary/aromatic N) is 4. The second kappa shape index (κ2) is 13.0. The molecule has 0 aliphatic rings. The van der Waals surface area contributed by atoms with Crippen molar-refractivity contribution in [2.75, 3.05) is 37.0 Å². The van der Waals surface area contributed by atoms with E-state index >= 15 is 0 Å². The van der Waals surface area contributed by atoms with Crippen LogP contribution in [0.3, 0.4) is 0 Å². The maximum Gasteiger partial charge on any atom is 0.0998 e. The summed E-state index contributed by atoms with van der Waals surface area (Å²) in [5.74, 6) is 0. The highest BCUT2D eigenvalue weighted by molar-refractivity contribution is 5.79. The zero-order chi connectivity index (χ0) is 25.9. The molecule has 36 heavy (non-hydrogen) atoms. The molecule has 0 heterocycles. The monoisotopic (exact) mass is 474 g/mol. The predicted octanol–water partition coefficient (Wildman–Crippen LogP) is 7.46. The molecule has 4 nitrogen and oxygen atoms in total. The molecule has 0 aliphatic carbocycles. The van der Waals surface area contributed by atoms with Crippen LogP contribution < -0.4 is 9.80 Å². The van der Waals surface area contributed by atoms with Crippen molar-refractivity contribution in [3.05, 3.63) is 94.0 Å². The Kier molecular flexibility index (Phi) is 9.49. The predicted molar refractivity (Wildman–Crippen MR) is 154 cm³/mol. The largest absolute Gasteiger partial charge is 0.375 e.